The van der Waals surface area contributed by atoms with E-state index in [1.54, 1.807) is 0 Å². The predicted molar refractivity (Wildman–Crippen MR) is 69.2 cm³/mol. The highest BCUT2D eigenvalue weighted by Crippen LogP contribution is 2.11. The number of nitrogens with one attached hydrogen (secondary N) is 1. The lowest BCUT2D eigenvalue weighted by atomic mass is 10.1. The first-order valence-corrected chi connectivity index (χ1v) is 5.91. The molecule has 1 heterocycles. The van der Waals surface area contributed by atoms with E-state index in [4.69, 9.17) is 5.73 Å². The molecule has 1 aromatic heterocycles. The molecular formula is C13H23N3. The van der Waals surface area contributed by atoms with Crippen LogP contribution in [0.4, 0.5) is 5.82 Å². The molecule has 0 saturated carbocycles. The first kappa shape index (κ1) is 13.0. The molecule has 0 aromatic carbocycles. The monoisotopic (exact) mass is 221 g/mol. The largest absolute Gasteiger partial charge is 0.384 e. The average molecular weight is 221 g/mol. The summed E-state index contributed by atoms with van der Waals surface area (Å²) in [6.45, 7) is 9.46. The van der Waals surface area contributed by atoms with Crippen LogP contribution in [0.5, 0.6) is 0 Å². The fourth-order valence-corrected chi connectivity index (χ4v) is 1.53. The van der Waals surface area contributed by atoms with Crippen molar-refractivity contribution in [2.24, 2.45) is 0 Å². The fraction of sp³-hybridized carbons (Fsp3) is 0.615. The van der Waals surface area contributed by atoms with Crippen LogP contribution in [0.1, 0.15) is 45.4 Å². The molecule has 90 valence electrons. The highest BCUT2D eigenvalue weighted by atomic mass is 14.9. The zero-order valence-electron chi connectivity index (χ0n) is 10.8. The summed E-state index contributed by atoms with van der Waals surface area (Å²) in [7, 11) is 0. The first-order chi connectivity index (χ1) is 7.40. The molecule has 0 aliphatic rings. The highest BCUT2D eigenvalue weighted by molar-refractivity contribution is 5.35. The summed E-state index contributed by atoms with van der Waals surface area (Å²) in [6.07, 6.45) is 2.09. The molecule has 1 aromatic rings. The van der Waals surface area contributed by atoms with Crippen LogP contribution in [-0.4, -0.2) is 10.5 Å². The Morgan fingerprint density at radius 3 is 2.56 bits per heavy atom. The summed E-state index contributed by atoms with van der Waals surface area (Å²) in [5, 5.41) is 3.45. The fourth-order valence-electron chi connectivity index (χ4n) is 1.53. The molecule has 0 spiro atoms. The van der Waals surface area contributed by atoms with E-state index < -0.39 is 0 Å². The number of aryl methyl sites for hydroxylation is 1. The number of rotatable bonds is 4. The van der Waals surface area contributed by atoms with E-state index in [2.05, 4.69) is 44.1 Å². The lowest BCUT2D eigenvalue weighted by Crippen LogP contribution is -2.35. The molecule has 0 amide bonds. The van der Waals surface area contributed by atoms with Crippen LogP contribution in [0.2, 0.25) is 0 Å². The van der Waals surface area contributed by atoms with Crippen molar-refractivity contribution in [3.05, 3.63) is 23.4 Å². The van der Waals surface area contributed by atoms with Crippen molar-refractivity contribution < 1.29 is 0 Å². The third kappa shape index (κ3) is 4.62. The van der Waals surface area contributed by atoms with Gasteiger partial charge < -0.3 is 11.1 Å². The number of hydrogen-bond acceptors (Lipinski definition) is 3. The van der Waals surface area contributed by atoms with Gasteiger partial charge in [0.15, 0.2) is 0 Å². The highest BCUT2D eigenvalue weighted by Gasteiger charge is 2.09. The number of nitrogens with two attached hydrogens (primary N) is 1. The van der Waals surface area contributed by atoms with Crippen LogP contribution in [0.15, 0.2) is 12.1 Å². The molecule has 0 saturated heterocycles. The summed E-state index contributed by atoms with van der Waals surface area (Å²) >= 11 is 0. The third-order valence-corrected chi connectivity index (χ3v) is 2.29. The minimum atomic E-state index is 0.128. The molecule has 0 bridgehead atoms. The molecule has 3 N–H and O–H groups in total. The van der Waals surface area contributed by atoms with Crippen molar-refractivity contribution >= 4 is 5.82 Å². The number of pyridine rings is 1. The van der Waals surface area contributed by atoms with Gasteiger partial charge in [0.25, 0.3) is 0 Å². The van der Waals surface area contributed by atoms with Crippen LogP contribution < -0.4 is 11.1 Å². The van der Waals surface area contributed by atoms with Crippen molar-refractivity contribution in [3.8, 4) is 0 Å². The summed E-state index contributed by atoms with van der Waals surface area (Å²) in [5.41, 5.74) is 8.22. The molecule has 0 fully saturated rings. The SMILES string of the molecule is CCCc1cc(CNC(C)(C)C)cc(N)n1. The zero-order chi connectivity index (χ0) is 12.2. The van der Waals surface area contributed by atoms with Gasteiger partial charge in [-0.3, -0.25) is 0 Å². The van der Waals surface area contributed by atoms with Crippen molar-refractivity contribution in [3.63, 3.8) is 0 Å². The first-order valence-electron chi connectivity index (χ1n) is 5.91. The molecule has 3 heteroatoms. The molecule has 16 heavy (non-hydrogen) atoms. The van der Waals surface area contributed by atoms with Crippen molar-refractivity contribution in [2.75, 3.05) is 5.73 Å². The smallest absolute Gasteiger partial charge is 0.123 e. The molecule has 0 unspecified atom stereocenters. The second-order valence-corrected chi connectivity index (χ2v) is 5.25. The van der Waals surface area contributed by atoms with Crippen LogP contribution in [0.25, 0.3) is 0 Å². The van der Waals surface area contributed by atoms with Gasteiger partial charge in [-0.2, -0.15) is 0 Å². The third-order valence-electron chi connectivity index (χ3n) is 2.29. The van der Waals surface area contributed by atoms with E-state index in [-0.39, 0.29) is 5.54 Å². The van der Waals surface area contributed by atoms with Gasteiger partial charge in [-0.25, -0.2) is 4.98 Å². The Bertz CT molecular complexity index is 340. The van der Waals surface area contributed by atoms with Gasteiger partial charge in [-0.1, -0.05) is 13.3 Å². The maximum Gasteiger partial charge on any atom is 0.123 e. The van der Waals surface area contributed by atoms with E-state index in [9.17, 15) is 0 Å². The topological polar surface area (TPSA) is 50.9 Å². The normalized spacial score (nSPS) is 11.8. The van der Waals surface area contributed by atoms with Gasteiger partial charge in [0.05, 0.1) is 0 Å². The molecule has 3 nitrogen and oxygen atoms in total. The Kier molecular flexibility index (Phi) is 4.30. The van der Waals surface area contributed by atoms with E-state index in [0.29, 0.717) is 5.82 Å². The number of anilines is 1. The minimum absolute atomic E-state index is 0.128. The standard InChI is InChI=1S/C13H23N3/c1-5-6-11-7-10(8-12(14)16-11)9-15-13(2,3)4/h7-8,15H,5-6,9H2,1-4H3,(H2,14,16). The Labute approximate surface area is 98.5 Å². The van der Waals surface area contributed by atoms with E-state index in [1.165, 1.54) is 5.56 Å². The molecule has 0 aliphatic heterocycles. The Balaban J connectivity index is 2.72. The van der Waals surface area contributed by atoms with Gasteiger partial charge in [0.2, 0.25) is 0 Å². The van der Waals surface area contributed by atoms with E-state index in [1.807, 2.05) is 6.07 Å². The maximum atomic E-state index is 5.79. The predicted octanol–water partition coefficient (Wildman–Crippen LogP) is 2.50. The molecule has 1 rings (SSSR count). The lowest BCUT2D eigenvalue weighted by molar-refractivity contribution is 0.424. The van der Waals surface area contributed by atoms with Crippen molar-refractivity contribution in [2.45, 2.75) is 52.6 Å². The lowest BCUT2D eigenvalue weighted by Gasteiger charge is -2.20. The molecule has 0 aliphatic carbocycles. The maximum absolute atomic E-state index is 5.79. The van der Waals surface area contributed by atoms with Crippen LogP contribution in [0.3, 0.4) is 0 Å². The summed E-state index contributed by atoms with van der Waals surface area (Å²) in [4.78, 5) is 4.32. The molecule has 0 radical (unpaired) electrons. The Hall–Kier alpha value is -1.09. The minimum Gasteiger partial charge on any atom is -0.384 e. The number of aromatic nitrogens is 1. The van der Waals surface area contributed by atoms with Crippen LogP contribution in [0, 0.1) is 0 Å². The Morgan fingerprint density at radius 2 is 2.00 bits per heavy atom. The van der Waals surface area contributed by atoms with E-state index >= 15 is 0 Å². The second kappa shape index (κ2) is 5.30. The van der Waals surface area contributed by atoms with Crippen LogP contribution in [-0.2, 0) is 13.0 Å². The van der Waals surface area contributed by atoms with Gasteiger partial charge in [0.1, 0.15) is 5.82 Å². The van der Waals surface area contributed by atoms with Crippen LogP contribution >= 0.6 is 0 Å². The number of hydrogen-bond donors (Lipinski definition) is 2. The van der Waals surface area contributed by atoms with Gasteiger partial charge >= 0.3 is 0 Å². The number of nitrogen functional groups attached to an aromatic ring is 1. The van der Waals surface area contributed by atoms with Gasteiger partial charge in [0, 0.05) is 17.8 Å². The van der Waals surface area contributed by atoms with E-state index in [0.717, 1.165) is 25.1 Å². The number of nitrogens with zero attached hydrogens (tertiary/aromatic N) is 1. The molecular weight excluding hydrogens is 198 g/mol. The zero-order valence-corrected chi connectivity index (χ0v) is 10.8. The van der Waals surface area contributed by atoms with Crippen molar-refractivity contribution in [1.29, 1.82) is 0 Å². The summed E-state index contributed by atoms with van der Waals surface area (Å²) in [5.74, 6) is 0.622. The summed E-state index contributed by atoms with van der Waals surface area (Å²) < 4.78 is 0. The Morgan fingerprint density at radius 1 is 1.31 bits per heavy atom. The van der Waals surface area contributed by atoms with Gasteiger partial charge in [-0.15, -0.1) is 0 Å². The van der Waals surface area contributed by atoms with Crippen molar-refractivity contribution in [1.82, 2.24) is 10.3 Å². The van der Waals surface area contributed by atoms with Gasteiger partial charge in [-0.05, 0) is 44.9 Å². The summed E-state index contributed by atoms with van der Waals surface area (Å²) in [6, 6.07) is 4.08. The molecule has 0 atom stereocenters. The quantitative estimate of drug-likeness (QED) is 0.821. The second-order valence-electron chi connectivity index (χ2n) is 5.25. The average Bonchev–Trinajstić information content (AvgIpc) is 2.13.